The molecule has 27 heavy (non-hydrogen) atoms. The zero-order valence-electron chi connectivity index (χ0n) is 16.4. The van der Waals surface area contributed by atoms with E-state index in [-0.39, 0.29) is 11.7 Å². The minimum absolute atomic E-state index is 0.00376. The van der Waals surface area contributed by atoms with Gasteiger partial charge in [0.05, 0.1) is 5.52 Å². The lowest BCUT2D eigenvalue weighted by molar-refractivity contribution is 0.0734. The Balaban J connectivity index is 1.59. The molecule has 0 spiro atoms. The summed E-state index contributed by atoms with van der Waals surface area (Å²) in [7, 11) is 0. The van der Waals surface area contributed by atoms with Gasteiger partial charge < -0.3 is 9.88 Å². The van der Waals surface area contributed by atoms with E-state index in [4.69, 9.17) is 0 Å². The summed E-state index contributed by atoms with van der Waals surface area (Å²) in [4.78, 5) is 20.9. The van der Waals surface area contributed by atoms with Crippen LogP contribution in [-0.2, 0) is 0 Å². The molecule has 5 rings (SSSR count). The molecule has 5 heteroatoms. The van der Waals surface area contributed by atoms with Gasteiger partial charge in [-0.3, -0.25) is 9.69 Å². The maximum Gasteiger partial charge on any atom is 0.270 e. The number of amides is 1. The number of para-hydroxylation sites is 1. The average Bonchev–Trinajstić information content (AvgIpc) is 2.80. The van der Waals surface area contributed by atoms with Crippen LogP contribution in [0, 0.1) is 18.7 Å². The Bertz CT molecular complexity index is 896. The average molecular weight is 369 g/mol. The number of aromatic amines is 1. The highest BCUT2D eigenvalue weighted by atomic mass is 19.1. The summed E-state index contributed by atoms with van der Waals surface area (Å²) in [6.07, 6.45) is 4.60. The van der Waals surface area contributed by atoms with Gasteiger partial charge in [-0.05, 0) is 51.2 Å². The second-order valence-corrected chi connectivity index (χ2v) is 8.33. The number of aromatic nitrogens is 1. The van der Waals surface area contributed by atoms with Gasteiger partial charge in [-0.2, -0.15) is 0 Å². The normalized spacial score (nSPS) is 22.9. The number of carbonyl (C=O) groups is 1. The van der Waals surface area contributed by atoms with E-state index in [0.717, 1.165) is 43.5 Å². The molecule has 2 atom stereocenters. The highest BCUT2D eigenvalue weighted by Gasteiger charge is 2.36. The summed E-state index contributed by atoms with van der Waals surface area (Å²) in [5.74, 6) is 0.210. The number of benzene rings is 1. The van der Waals surface area contributed by atoms with E-state index < -0.39 is 0 Å². The van der Waals surface area contributed by atoms with E-state index in [0.29, 0.717) is 23.2 Å². The van der Waals surface area contributed by atoms with Crippen molar-refractivity contribution in [3.05, 3.63) is 46.9 Å². The number of nitrogens with zero attached hydrogens (tertiary/aromatic N) is 2. The Morgan fingerprint density at radius 3 is 2.81 bits per heavy atom. The molecule has 2 aromatic rings. The molecule has 2 bridgehead atoms. The van der Waals surface area contributed by atoms with Gasteiger partial charge >= 0.3 is 0 Å². The molecule has 3 aliphatic rings. The maximum atomic E-state index is 14.1. The Kier molecular flexibility index (Phi) is 4.81. The fraction of sp³-hybridized carbons (Fsp3) is 0.500. The van der Waals surface area contributed by atoms with Crippen molar-refractivity contribution < 1.29 is 9.18 Å². The number of piperidine rings is 1. The molecular weight excluding hydrogens is 341 g/mol. The molecule has 0 aliphatic carbocycles. The van der Waals surface area contributed by atoms with Crippen LogP contribution in [0.3, 0.4) is 0 Å². The number of nitrogens with one attached hydrogen (secondary N) is 1. The summed E-state index contributed by atoms with van der Waals surface area (Å²) in [6.45, 7) is 9.72. The smallest absolute Gasteiger partial charge is 0.270 e. The first kappa shape index (κ1) is 18.2. The van der Waals surface area contributed by atoms with Gasteiger partial charge in [0.25, 0.3) is 5.91 Å². The van der Waals surface area contributed by atoms with Gasteiger partial charge in [-0.15, -0.1) is 0 Å². The molecule has 144 valence electrons. The fourth-order valence-electron chi connectivity index (χ4n) is 4.56. The molecule has 0 unspecified atom stereocenters. The van der Waals surface area contributed by atoms with Gasteiger partial charge in [0.15, 0.2) is 0 Å². The van der Waals surface area contributed by atoms with Crippen molar-refractivity contribution in [2.45, 2.75) is 39.7 Å². The molecule has 1 aromatic carbocycles. The highest BCUT2D eigenvalue weighted by molar-refractivity contribution is 6.01. The second-order valence-electron chi connectivity index (χ2n) is 8.33. The number of rotatable bonds is 3. The zero-order valence-corrected chi connectivity index (χ0v) is 16.4. The number of carbonyl (C=O) groups excluding carboxylic acids is 1. The van der Waals surface area contributed by atoms with Crippen LogP contribution in [0.25, 0.3) is 10.9 Å². The first-order valence-corrected chi connectivity index (χ1v) is 9.87. The van der Waals surface area contributed by atoms with Crippen molar-refractivity contribution in [2.75, 3.05) is 26.2 Å². The van der Waals surface area contributed by atoms with Crippen LogP contribution in [0.4, 0.5) is 4.39 Å². The number of hydrogen-bond acceptors (Lipinski definition) is 2. The van der Waals surface area contributed by atoms with E-state index in [9.17, 15) is 9.18 Å². The summed E-state index contributed by atoms with van der Waals surface area (Å²) in [5.41, 5.74) is 3.14. The first-order valence-electron chi connectivity index (χ1n) is 9.87. The van der Waals surface area contributed by atoms with Crippen molar-refractivity contribution in [3.63, 3.8) is 0 Å². The minimum Gasteiger partial charge on any atom is -0.348 e. The summed E-state index contributed by atoms with van der Waals surface area (Å²) >= 11 is 0. The Labute approximate surface area is 160 Å². The maximum absolute atomic E-state index is 14.1. The second kappa shape index (κ2) is 7.12. The molecular formula is C22H28FN3O. The summed E-state index contributed by atoms with van der Waals surface area (Å²) < 4.78 is 14.1. The third kappa shape index (κ3) is 3.41. The molecule has 3 aliphatic heterocycles. The standard InChI is InChI=1S/C22H28FN3O/c1-14(2)9-10-25-11-16-7-8-17(25)13-26(12-16)22(27)20-15(3)18-5-4-6-19(23)21(18)24-20/h4-6,9,16-17,24H,7-8,10-13H2,1-3H3/t16-,17-/m1/s1. The first-order chi connectivity index (χ1) is 12.9. The lowest BCUT2D eigenvalue weighted by Gasteiger charge is -2.35. The van der Waals surface area contributed by atoms with Crippen molar-refractivity contribution in [1.82, 2.24) is 14.8 Å². The van der Waals surface area contributed by atoms with E-state index in [1.165, 1.54) is 18.1 Å². The van der Waals surface area contributed by atoms with Crippen molar-refractivity contribution in [2.24, 2.45) is 5.92 Å². The minimum atomic E-state index is -0.307. The largest absolute Gasteiger partial charge is 0.348 e. The number of allylic oxidation sites excluding steroid dienone is 1. The predicted octanol–water partition coefficient (Wildman–Crippen LogP) is 4.12. The van der Waals surface area contributed by atoms with Crippen LogP contribution >= 0.6 is 0 Å². The van der Waals surface area contributed by atoms with Gasteiger partial charge in [-0.25, -0.2) is 4.39 Å². The Hall–Kier alpha value is -2.14. The fourth-order valence-corrected chi connectivity index (χ4v) is 4.56. The van der Waals surface area contributed by atoms with Gasteiger partial charge in [0, 0.05) is 37.6 Å². The highest BCUT2D eigenvalue weighted by Crippen LogP contribution is 2.30. The van der Waals surface area contributed by atoms with Gasteiger partial charge in [0.1, 0.15) is 11.5 Å². The molecule has 3 saturated heterocycles. The number of halogens is 1. The molecule has 4 heterocycles. The van der Waals surface area contributed by atoms with Crippen LogP contribution in [0.1, 0.15) is 42.7 Å². The van der Waals surface area contributed by atoms with E-state index >= 15 is 0 Å². The van der Waals surface area contributed by atoms with E-state index in [2.05, 4.69) is 29.8 Å². The SMILES string of the molecule is CC(C)=CCN1C[C@H]2CC[C@@H]1CN(C(=O)c1[nH]c3c(F)cccc3c1C)C2. The lowest BCUT2D eigenvalue weighted by Crippen LogP contribution is -2.44. The Morgan fingerprint density at radius 2 is 2.07 bits per heavy atom. The van der Waals surface area contributed by atoms with Crippen molar-refractivity contribution in [1.29, 1.82) is 0 Å². The number of hydrogen-bond donors (Lipinski definition) is 1. The molecule has 0 saturated carbocycles. The topological polar surface area (TPSA) is 39.3 Å². The summed E-state index contributed by atoms with van der Waals surface area (Å²) in [6, 6.07) is 5.40. The molecule has 1 aromatic heterocycles. The molecule has 1 amide bonds. The Morgan fingerprint density at radius 1 is 1.26 bits per heavy atom. The molecule has 3 fully saturated rings. The van der Waals surface area contributed by atoms with E-state index in [1.54, 1.807) is 6.07 Å². The van der Waals surface area contributed by atoms with Crippen LogP contribution < -0.4 is 0 Å². The van der Waals surface area contributed by atoms with Crippen molar-refractivity contribution >= 4 is 16.8 Å². The monoisotopic (exact) mass is 369 g/mol. The van der Waals surface area contributed by atoms with Crippen molar-refractivity contribution in [3.8, 4) is 0 Å². The third-order valence-electron chi connectivity index (χ3n) is 6.10. The van der Waals surface area contributed by atoms with E-state index in [1.807, 2.05) is 17.9 Å². The number of fused-ring (bicyclic) bond motifs is 5. The predicted molar refractivity (Wildman–Crippen MR) is 106 cm³/mol. The number of aryl methyl sites for hydroxylation is 1. The van der Waals surface area contributed by atoms with Crippen LogP contribution in [0.2, 0.25) is 0 Å². The number of H-pyrrole nitrogens is 1. The molecule has 4 nitrogen and oxygen atoms in total. The van der Waals surface area contributed by atoms with Crippen LogP contribution in [0.5, 0.6) is 0 Å². The summed E-state index contributed by atoms with van der Waals surface area (Å²) in [5, 5.41) is 0.793. The quantitative estimate of drug-likeness (QED) is 0.827. The zero-order chi connectivity index (χ0) is 19.1. The van der Waals surface area contributed by atoms with Crippen LogP contribution in [0.15, 0.2) is 29.8 Å². The third-order valence-corrected chi connectivity index (χ3v) is 6.10. The molecule has 1 N–H and O–H groups in total. The molecule has 0 radical (unpaired) electrons. The van der Waals surface area contributed by atoms with Gasteiger partial charge in [0.2, 0.25) is 0 Å². The lowest BCUT2D eigenvalue weighted by atomic mass is 9.95. The van der Waals surface area contributed by atoms with Gasteiger partial charge in [-0.1, -0.05) is 23.8 Å². The van der Waals surface area contributed by atoms with Crippen LogP contribution in [-0.4, -0.2) is 52.9 Å².